The smallest absolute Gasteiger partial charge is 0.321 e. The van der Waals surface area contributed by atoms with Crippen molar-refractivity contribution in [3.05, 3.63) is 54.2 Å². The molecule has 8 nitrogen and oxygen atoms in total. The van der Waals surface area contributed by atoms with Gasteiger partial charge in [-0.05, 0) is 29.8 Å². The van der Waals surface area contributed by atoms with Crippen LogP contribution in [-0.2, 0) is 4.74 Å². The summed E-state index contributed by atoms with van der Waals surface area (Å²) in [7, 11) is 0. The zero-order chi connectivity index (χ0) is 21.9. The number of amides is 2. The number of hydrogen-bond donors (Lipinski definition) is 1. The molecular weight excluding hydrogens is 404 g/mol. The van der Waals surface area contributed by atoms with Crippen LogP contribution in [0.15, 0.2) is 48.5 Å². The Morgan fingerprint density at radius 2 is 1.62 bits per heavy atom. The minimum Gasteiger partial charge on any atom is -0.378 e. The molecule has 1 N–H and O–H groups in total. The molecule has 2 saturated heterocycles. The van der Waals surface area contributed by atoms with E-state index in [1.165, 1.54) is 0 Å². The summed E-state index contributed by atoms with van der Waals surface area (Å²) in [4.78, 5) is 28.5. The number of rotatable bonds is 3. The third kappa shape index (κ3) is 4.45. The number of ether oxygens (including phenoxy) is 1. The molecule has 1 aromatic heterocycles. The number of nitrogens with zero attached hydrogens (tertiary/aromatic N) is 5. The molecule has 3 aromatic rings. The van der Waals surface area contributed by atoms with Gasteiger partial charge >= 0.3 is 6.03 Å². The molecule has 166 valence electrons. The van der Waals surface area contributed by atoms with Crippen LogP contribution in [0.3, 0.4) is 0 Å². The van der Waals surface area contributed by atoms with Crippen molar-refractivity contribution in [1.29, 1.82) is 0 Å². The molecule has 2 aromatic carbocycles. The molecular formula is C24H28N6O2. The van der Waals surface area contributed by atoms with E-state index < -0.39 is 0 Å². The van der Waals surface area contributed by atoms with E-state index in [2.05, 4.69) is 32.2 Å². The van der Waals surface area contributed by atoms with Gasteiger partial charge in [0.15, 0.2) is 0 Å². The van der Waals surface area contributed by atoms with E-state index in [0.29, 0.717) is 26.3 Å². The normalized spacial score (nSPS) is 17.0. The van der Waals surface area contributed by atoms with E-state index in [9.17, 15) is 4.79 Å². The van der Waals surface area contributed by atoms with Crippen LogP contribution in [0, 0.1) is 6.92 Å². The Balaban J connectivity index is 1.21. The first-order valence-electron chi connectivity index (χ1n) is 11.1. The molecule has 0 saturated carbocycles. The van der Waals surface area contributed by atoms with E-state index in [4.69, 9.17) is 9.72 Å². The molecule has 3 heterocycles. The van der Waals surface area contributed by atoms with Crippen molar-refractivity contribution in [3.8, 4) is 0 Å². The number of carbonyl (C=O) groups excluding carboxylic acids is 1. The molecule has 5 rings (SSSR count). The predicted molar refractivity (Wildman–Crippen MR) is 127 cm³/mol. The highest BCUT2D eigenvalue weighted by molar-refractivity contribution is 5.93. The third-order valence-electron chi connectivity index (χ3n) is 6.01. The maximum atomic E-state index is 12.8. The SMILES string of the molecule is Cc1cc(N2CCN(C(=O)Nc3ccc4ccccc4c3)CC2)nc(N2CCOCC2)n1. The highest BCUT2D eigenvalue weighted by Crippen LogP contribution is 2.21. The van der Waals surface area contributed by atoms with E-state index in [1.807, 2.05) is 48.2 Å². The Labute approximate surface area is 187 Å². The first kappa shape index (κ1) is 20.5. The van der Waals surface area contributed by atoms with Crippen molar-refractivity contribution in [2.24, 2.45) is 0 Å². The monoisotopic (exact) mass is 432 g/mol. The molecule has 0 bridgehead atoms. The number of urea groups is 1. The fourth-order valence-corrected chi connectivity index (χ4v) is 4.21. The number of nitrogens with one attached hydrogen (secondary N) is 1. The van der Waals surface area contributed by atoms with Gasteiger partial charge in [0.25, 0.3) is 0 Å². The molecule has 0 aliphatic carbocycles. The molecule has 0 unspecified atom stereocenters. The van der Waals surface area contributed by atoms with Gasteiger partial charge in [0.2, 0.25) is 5.95 Å². The van der Waals surface area contributed by atoms with Crippen LogP contribution in [-0.4, -0.2) is 73.4 Å². The van der Waals surface area contributed by atoms with Crippen molar-refractivity contribution in [3.63, 3.8) is 0 Å². The minimum absolute atomic E-state index is 0.0622. The molecule has 0 atom stereocenters. The maximum absolute atomic E-state index is 12.8. The van der Waals surface area contributed by atoms with Crippen LogP contribution in [0.1, 0.15) is 5.69 Å². The van der Waals surface area contributed by atoms with Gasteiger partial charge in [-0.15, -0.1) is 0 Å². The quantitative estimate of drug-likeness (QED) is 0.686. The Morgan fingerprint density at radius 1 is 0.875 bits per heavy atom. The lowest BCUT2D eigenvalue weighted by molar-refractivity contribution is 0.122. The first-order chi connectivity index (χ1) is 15.7. The Kier molecular flexibility index (Phi) is 5.77. The van der Waals surface area contributed by atoms with Crippen LogP contribution in [0.5, 0.6) is 0 Å². The Hall–Kier alpha value is -3.39. The Bertz CT molecular complexity index is 1110. The molecule has 2 aliphatic heterocycles. The molecule has 0 spiro atoms. The molecule has 32 heavy (non-hydrogen) atoms. The topological polar surface area (TPSA) is 73.8 Å². The summed E-state index contributed by atoms with van der Waals surface area (Å²) in [5.74, 6) is 1.69. The van der Waals surface area contributed by atoms with E-state index in [-0.39, 0.29) is 6.03 Å². The summed E-state index contributed by atoms with van der Waals surface area (Å²) >= 11 is 0. The standard InChI is InChI=1S/C24H28N6O2/c1-18-16-22(27-23(25-18)29-12-14-32-15-13-29)28-8-10-30(11-9-28)24(31)26-21-7-6-19-4-2-3-5-20(19)17-21/h2-7,16-17H,8-15H2,1H3,(H,26,31). The van der Waals surface area contributed by atoms with Gasteiger partial charge in [-0.1, -0.05) is 30.3 Å². The van der Waals surface area contributed by atoms with Gasteiger partial charge in [0.05, 0.1) is 13.2 Å². The summed E-state index contributed by atoms with van der Waals surface area (Å²) in [6.07, 6.45) is 0. The number of hydrogen-bond acceptors (Lipinski definition) is 6. The number of benzene rings is 2. The van der Waals surface area contributed by atoms with Gasteiger partial charge in [-0.25, -0.2) is 9.78 Å². The molecule has 0 radical (unpaired) electrons. The van der Waals surface area contributed by atoms with Gasteiger partial charge < -0.3 is 24.8 Å². The minimum atomic E-state index is -0.0622. The van der Waals surface area contributed by atoms with Gasteiger partial charge in [0, 0.05) is 56.7 Å². The van der Waals surface area contributed by atoms with Gasteiger partial charge in [-0.3, -0.25) is 0 Å². The zero-order valence-corrected chi connectivity index (χ0v) is 18.3. The first-order valence-corrected chi connectivity index (χ1v) is 11.1. The van der Waals surface area contributed by atoms with Crippen LogP contribution < -0.4 is 15.1 Å². The second-order valence-electron chi connectivity index (χ2n) is 8.23. The summed E-state index contributed by atoms with van der Waals surface area (Å²) < 4.78 is 5.44. The number of carbonyl (C=O) groups is 1. The van der Waals surface area contributed by atoms with Crippen molar-refractivity contribution in [2.75, 3.05) is 67.6 Å². The summed E-state index contributed by atoms with van der Waals surface area (Å²) in [5, 5.41) is 5.32. The molecule has 2 fully saturated rings. The van der Waals surface area contributed by atoms with Crippen molar-refractivity contribution in [2.45, 2.75) is 6.92 Å². The van der Waals surface area contributed by atoms with Crippen molar-refractivity contribution in [1.82, 2.24) is 14.9 Å². The summed E-state index contributed by atoms with van der Waals surface area (Å²) in [5.41, 5.74) is 1.77. The lowest BCUT2D eigenvalue weighted by Gasteiger charge is -2.36. The van der Waals surface area contributed by atoms with Crippen LogP contribution in [0.2, 0.25) is 0 Å². The number of fused-ring (bicyclic) bond motifs is 1. The molecule has 2 aliphatic rings. The van der Waals surface area contributed by atoms with Crippen molar-refractivity contribution >= 4 is 34.3 Å². The van der Waals surface area contributed by atoms with Gasteiger partial charge in [0.1, 0.15) is 5.82 Å². The highest BCUT2D eigenvalue weighted by atomic mass is 16.5. The average molecular weight is 433 g/mol. The second-order valence-corrected chi connectivity index (χ2v) is 8.23. The van der Waals surface area contributed by atoms with Gasteiger partial charge in [-0.2, -0.15) is 4.98 Å². The summed E-state index contributed by atoms with van der Waals surface area (Å²) in [6, 6.07) is 16.1. The number of aryl methyl sites for hydroxylation is 1. The maximum Gasteiger partial charge on any atom is 0.321 e. The zero-order valence-electron chi connectivity index (χ0n) is 18.3. The summed E-state index contributed by atoms with van der Waals surface area (Å²) in [6.45, 7) is 7.81. The number of anilines is 3. The lowest BCUT2D eigenvalue weighted by Crippen LogP contribution is -2.50. The second kappa shape index (κ2) is 9.00. The highest BCUT2D eigenvalue weighted by Gasteiger charge is 2.23. The van der Waals surface area contributed by atoms with Crippen molar-refractivity contribution < 1.29 is 9.53 Å². The third-order valence-corrected chi connectivity index (χ3v) is 6.01. The fourth-order valence-electron chi connectivity index (χ4n) is 4.21. The van der Waals surface area contributed by atoms with Crippen LogP contribution >= 0.6 is 0 Å². The number of morpholine rings is 1. The largest absolute Gasteiger partial charge is 0.378 e. The van der Waals surface area contributed by atoms with E-state index in [1.54, 1.807) is 0 Å². The Morgan fingerprint density at radius 3 is 2.41 bits per heavy atom. The predicted octanol–water partition coefficient (Wildman–Crippen LogP) is 3.13. The van der Waals surface area contributed by atoms with Crippen LogP contribution in [0.25, 0.3) is 10.8 Å². The van der Waals surface area contributed by atoms with E-state index >= 15 is 0 Å². The average Bonchev–Trinajstić information content (AvgIpc) is 2.84. The molecule has 2 amide bonds. The van der Waals surface area contributed by atoms with E-state index in [0.717, 1.165) is 60.1 Å². The fraction of sp³-hybridized carbons (Fsp3) is 0.375. The number of aromatic nitrogens is 2. The molecule has 8 heteroatoms. The number of piperazine rings is 1. The van der Waals surface area contributed by atoms with Crippen LogP contribution in [0.4, 0.5) is 22.2 Å². The lowest BCUT2D eigenvalue weighted by atomic mass is 10.1.